The Labute approximate surface area is 108 Å². The van der Waals surface area contributed by atoms with Gasteiger partial charge in [-0.1, -0.05) is 30.3 Å². The van der Waals surface area contributed by atoms with Crippen LogP contribution in [0.1, 0.15) is 12.5 Å². The molecular formula is C12H19ClN2O2. The van der Waals surface area contributed by atoms with E-state index >= 15 is 0 Å². The van der Waals surface area contributed by atoms with Crippen LogP contribution < -0.4 is 11.1 Å². The number of carbonyl (C=O) groups is 1. The standard InChI is InChI=1S/C12H18N2O2.ClH/c1-9(15)14-8-12(16)11(13)7-10-5-3-2-4-6-10;/h2-6,11-12,16H,7-8,13H2,1H3,(H,14,15);1H/t11-,12+;/m1./s1. The number of nitrogens with one attached hydrogen (secondary N) is 1. The molecule has 0 aliphatic carbocycles. The molecule has 0 aliphatic heterocycles. The molecule has 0 radical (unpaired) electrons. The van der Waals surface area contributed by atoms with Crippen molar-refractivity contribution in [2.45, 2.75) is 25.5 Å². The van der Waals surface area contributed by atoms with E-state index in [-0.39, 0.29) is 30.9 Å². The van der Waals surface area contributed by atoms with Gasteiger partial charge < -0.3 is 16.2 Å². The van der Waals surface area contributed by atoms with E-state index in [9.17, 15) is 9.90 Å². The van der Waals surface area contributed by atoms with Gasteiger partial charge >= 0.3 is 0 Å². The lowest BCUT2D eigenvalue weighted by Crippen LogP contribution is -2.44. The summed E-state index contributed by atoms with van der Waals surface area (Å²) in [6.45, 7) is 1.61. The van der Waals surface area contributed by atoms with Crippen molar-refractivity contribution in [3.8, 4) is 0 Å². The second-order valence-corrected chi connectivity index (χ2v) is 3.86. The van der Waals surface area contributed by atoms with Gasteiger partial charge in [0.15, 0.2) is 0 Å². The molecule has 0 heterocycles. The number of carbonyl (C=O) groups excluding carboxylic acids is 1. The van der Waals surface area contributed by atoms with Crippen LogP contribution in [0.15, 0.2) is 30.3 Å². The van der Waals surface area contributed by atoms with Crippen molar-refractivity contribution in [3.05, 3.63) is 35.9 Å². The van der Waals surface area contributed by atoms with E-state index in [1.54, 1.807) is 0 Å². The summed E-state index contributed by atoms with van der Waals surface area (Å²) < 4.78 is 0. The highest BCUT2D eigenvalue weighted by Crippen LogP contribution is 2.04. The van der Waals surface area contributed by atoms with Crippen molar-refractivity contribution in [2.24, 2.45) is 5.73 Å². The van der Waals surface area contributed by atoms with Gasteiger partial charge in [-0.15, -0.1) is 12.4 Å². The van der Waals surface area contributed by atoms with Crippen molar-refractivity contribution in [1.29, 1.82) is 0 Å². The van der Waals surface area contributed by atoms with Gasteiger partial charge in [0.1, 0.15) is 0 Å². The van der Waals surface area contributed by atoms with E-state index in [4.69, 9.17) is 5.73 Å². The molecule has 1 amide bonds. The van der Waals surface area contributed by atoms with Gasteiger partial charge in [0.2, 0.25) is 5.91 Å². The Morgan fingerprint density at radius 2 is 2.00 bits per heavy atom. The molecule has 0 spiro atoms. The van der Waals surface area contributed by atoms with Gasteiger partial charge in [-0.2, -0.15) is 0 Å². The summed E-state index contributed by atoms with van der Waals surface area (Å²) >= 11 is 0. The number of rotatable bonds is 5. The summed E-state index contributed by atoms with van der Waals surface area (Å²) in [5.74, 6) is -0.161. The van der Waals surface area contributed by atoms with Crippen LogP contribution in [-0.4, -0.2) is 29.7 Å². The fraction of sp³-hybridized carbons (Fsp3) is 0.417. The molecule has 2 atom stereocenters. The lowest BCUT2D eigenvalue weighted by atomic mass is 10.0. The van der Waals surface area contributed by atoms with Crippen molar-refractivity contribution in [2.75, 3.05) is 6.54 Å². The molecule has 17 heavy (non-hydrogen) atoms. The lowest BCUT2D eigenvalue weighted by molar-refractivity contribution is -0.119. The minimum Gasteiger partial charge on any atom is -0.390 e. The maximum Gasteiger partial charge on any atom is 0.216 e. The molecular weight excluding hydrogens is 240 g/mol. The number of amides is 1. The molecule has 0 saturated carbocycles. The van der Waals surface area contributed by atoms with Gasteiger partial charge in [-0.25, -0.2) is 0 Å². The number of benzene rings is 1. The van der Waals surface area contributed by atoms with Crippen LogP contribution in [-0.2, 0) is 11.2 Å². The Hall–Kier alpha value is -1.10. The fourth-order valence-electron chi connectivity index (χ4n) is 1.42. The molecule has 5 heteroatoms. The first-order valence-corrected chi connectivity index (χ1v) is 5.31. The number of nitrogens with two attached hydrogens (primary N) is 1. The van der Waals surface area contributed by atoms with E-state index in [0.717, 1.165) is 5.56 Å². The molecule has 0 aliphatic rings. The zero-order chi connectivity index (χ0) is 12.0. The van der Waals surface area contributed by atoms with Gasteiger partial charge in [-0.05, 0) is 12.0 Å². The molecule has 0 fully saturated rings. The van der Waals surface area contributed by atoms with Crippen LogP contribution in [0.3, 0.4) is 0 Å². The van der Waals surface area contributed by atoms with Crippen molar-refractivity contribution < 1.29 is 9.90 Å². The fourth-order valence-corrected chi connectivity index (χ4v) is 1.42. The van der Waals surface area contributed by atoms with Gasteiger partial charge in [0, 0.05) is 19.5 Å². The van der Waals surface area contributed by atoms with E-state index in [2.05, 4.69) is 5.32 Å². The Kier molecular flexibility index (Phi) is 7.54. The Bertz CT molecular complexity index is 333. The van der Waals surface area contributed by atoms with Crippen LogP contribution in [0.2, 0.25) is 0 Å². The predicted molar refractivity (Wildman–Crippen MR) is 70.1 cm³/mol. The third-order valence-electron chi connectivity index (χ3n) is 2.37. The predicted octanol–water partition coefficient (Wildman–Crippen LogP) is 0.475. The maximum absolute atomic E-state index is 10.7. The first kappa shape index (κ1) is 15.9. The third kappa shape index (κ3) is 6.26. The molecule has 0 aromatic heterocycles. The maximum atomic E-state index is 10.7. The summed E-state index contributed by atoms with van der Waals surface area (Å²) in [5.41, 5.74) is 6.91. The van der Waals surface area contributed by atoms with Crippen LogP contribution >= 0.6 is 12.4 Å². The largest absolute Gasteiger partial charge is 0.390 e. The highest BCUT2D eigenvalue weighted by atomic mass is 35.5. The van der Waals surface area contributed by atoms with E-state index in [1.807, 2.05) is 30.3 Å². The van der Waals surface area contributed by atoms with E-state index in [1.165, 1.54) is 6.92 Å². The van der Waals surface area contributed by atoms with Gasteiger partial charge in [0.05, 0.1) is 6.10 Å². The monoisotopic (exact) mass is 258 g/mol. The van der Waals surface area contributed by atoms with Crippen LogP contribution in [0.4, 0.5) is 0 Å². The first-order chi connectivity index (χ1) is 7.59. The summed E-state index contributed by atoms with van der Waals surface area (Å²) in [6.07, 6.45) is -0.120. The van der Waals surface area contributed by atoms with Crippen LogP contribution in [0.25, 0.3) is 0 Å². The number of hydrogen-bond donors (Lipinski definition) is 3. The number of aliphatic hydroxyl groups is 1. The zero-order valence-corrected chi connectivity index (χ0v) is 10.6. The van der Waals surface area contributed by atoms with Crippen LogP contribution in [0, 0.1) is 0 Å². The molecule has 1 rings (SSSR count). The molecule has 4 N–H and O–H groups in total. The molecule has 0 unspecified atom stereocenters. The molecule has 1 aromatic carbocycles. The zero-order valence-electron chi connectivity index (χ0n) is 9.80. The first-order valence-electron chi connectivity index (χ1n) is 5.31. The Morgan fingerprint density at radius 1 is 1.41 bits per heavy atom. The van der Waals surface area contributed by atoms with Crippen molar-refractivity contribution in [1.82, 2.24) is 5.32 Å². The normalized spacial score (nSPS) is 13.4. The quantitative estimate of drug-likeness (QED) is 0.719. The van der Waals surface area contributed by atoms with E-state index in [0.29, 0.717) is 6.42 Å². The molecule has 0 bridgehead atoms. The highest BCUT2D eigenvalue weighted by Gasteiger charge is 2.15. The average Bonchev–Trinajstić information content (AvgIpc) is 2.27. The third-order valence-corrected chi connectivity index (χ3v) is 2.37. The molecule has 4 nitrogen and oxygen atoms in total. The summed E-state index contributed by atoms with van der Waals surface area (Å²) in [4.78, 5) is 10.7. The lowest BCUT2D eigenvalue weighted by Gasteiger charge is -2.18. The van der Waals surface area contributed by atoms with Crippen molar-refractivity contribution >= 4 is 18.3 Å². The van der Waals surface area contributed by atoms with Crippen molar-refractivity contribution in [3.63, 3.8) is 0 Å². The molecule has 0 saturated heterocycles. The van der Waals surface area contributed by atoms with Gasteiger partial charge in [0.25, 0.3) is 0 Å². The second-order valence-electron chi connectivity index (χ2n) is 3.86. The summed E-state index contributed by atoms with van der Waals surface area (Å²) in [7, 11) is 0. The summed E-state index contributed by atoms with van der Waals surface area (Å²) in [6, 6.07) is 9.36. The number of aliphatic hydroxyl groups excluding tert-OH is 1. The second kappa shape index (κ2) is 8.06. The Balaban J connectivity index is 0.00000256. The minimum absolute atomic E-state index is 0. The average molecular weight is 259 g/mol. The summed E-state index contributed by atoms with van der Waals surface area (Å²) in [5, 5.41) is 12.2. The highest BCUT2D eigenvalue weighted by molar-refractivity contribution is 5.85. The topological polar surface area (TPSA) is 75.3 Å². The van der Waals surface area contributed by atoms with Gasteiger partial charge in [-0.3, -0.25) is 4.79 Å². The van der Waals surface area contributed by atoms with E-state index < -0.39 is 6.10 Å². The number of halogens is 1. The smallest absolute Gasteiger partial charge is 0.216 e. The molecule has 1 aromatic rings. The minimum atomic E-state index is -0.718. The SMILES string of the molecule is CC(=O)NC[C@H](O)[C@H](N)Cc1ccccc1.Cl. The number of hydrogen-bond acceptors (Lipinski definition) is 3. The Morgan fingerprint density at radius 3 is 2.53 bits per heavy atom. The van der Waals surface area contributed by atoms with Crippen LogP contribution in [0.5, 0.6) is 0 Å². The molecule has 96 valence electrons.